The zero-order valence-corrected chi connectivity index (χ0v) is 19.8. The van der Waals surface area contributed by atoms with Gasteiger partial charge in [0, 0.05) is 14.8 Å². The third-order valence-electron chi connectivity index (χ3n) is 4.57. The lowest BCUT2D eigenvalue weighted by atomic mass is 10.0. The van der Waals surface area contributed by atoms with Gasteiger partial charge in [-0.25, -0.2) is 4.57 Å². The summed E-state index contributed by atoms with van der Waals surface area (Å²) in [5.41, 5.74) is 0.740. The maximum Gasteiger partial charge on any atom is 0.526 e. The number of phosphoric acid groups is 1. The highest BCUT2D eigenvalue weighted by Gasteiger charge is 2.27. The molecule has 0 fully saturated rings. The van der Waals surface area contributed by atoms with E-state index in [4.69, 9.17) is 26.1 Å². The van der Waals surface area contributed by atoms with Gasteiger partial charge in [-0.2, -0.15) is 0 Å². The quantitative estimate of drug-likeness (QED) is 0.309. The number of halogens is 1. The second-order valence-electron chi connectivity index (χ2n) is 7.06. The van der Waals surface area contributed by atoms with E-state index in [-0.39, 0.29) is 6.42 Å². The maximum atomic E-state index is 11.8. The summed E-state index contributed by atoms with van der Waals surface area (Å²) in [6.45, 7) is -0.591. The van der Waals surface area contributed by atoms with Crippen LogP contribution in [0.1, 0.15) is 12.0 Å². The van der Waals surface area contributed by atoms with Crippen LogP contribution in [0.5, 0.6) is 11.5 Å². The Labute approximate surface area is 200 Å². The number of para-hydroxylation sites is 1. The van der Waals surface area contributed by atoms with Gasteiger partial charge in [-0.15, -0.1) is 0 Å². The Hall–Kier alpha value is -2.32. The maximum absolute atomic E-state index is 11.8. The van der Waals surface area contributed by atoms with Gasteiger partial charge in [0.2, 0.25) is 0 Å². The van der Waals surface area contributed by atoms with Crippen LogP contribution in [0, 0.1) is 5.92 Å². The molecule has 3 N–H and O–H groups in total. The molecule has 0 aliphatic carbocycles. The predicted molar refractivity (Wildman–Crippen MR) is 126 cm³/mol. The second-order valence-corrected chi connectivity index (χ2v) is 9.78. The number of rotatable bonds is 10. The molecule has 0 aromatic heterocycles. The van der Waals surface area contributed by atoms with Crippen molar-refractivity contribution in [3.8, 4) is 11.5 Å². The Kier molecular flexibility index (Phi) is 8.97. The molecule has 0 aliphatic heterocycles. The van der Waals surface area contributed by atoms with Gasteiger partial charge in [-0.3, -0.25) is 14.6 Å². The lowest BCUT2D eigenvalue weighted by Gasteiger charge is -2.14. The standard InChI is InChI=1S/C23H22ClO7PS/c24-22-14-21(12-11-16(22)9-10-17(15-25)23(26)31-32(27,28)29)33-20-8-4-7-19(13-20)30-18-5-2-1-3-6-18/h1-8,11-14,17,25H,9-10,15H2,(H2,27,28,29). The average molecular weight is 509 g/mol. The third-order valence-corrected chi connectivity index (χ3v) is 6.32. The van der Waals surface area contributed by atoms with Gasteiger partial charge in [0.1, 0.15) is 11.5 Å². The summed E-state index contributed by atoms with van der Waals surface area (Å²) < 4.78 is 20.8. The Balaban J connectivity index is 1.62. The summed E-state index contributed by atoms with van der Waals surface area (Å²) in [6, 6.07) is 22.7. The molecule has 0 bridgehead atoms. The van der Waals surface area contributed by atoms with Crippen LogP contribution in [-0.4, -0.2) is 27.5 Å². The topological polar surface area (TPSA) is 113 Å². The van der Waals surface area contributed by atoms with E-state index in [1.807, 2.05) is 66.7 Å². The lowest BCUT2D eigenvalue weighted by molar-refractivity contribution is -0.141. The van der Waals surface area contributed by atoms with Gasteiger partial charge in [0.25, 0.3) is 0 Å². The van der Waals surface area contributed by atoms with Crippen molar-refractivity contribution in [1.82, 2.24) is 0 Å². The molecule has 174 valence electrons. The first kappa shape index (κ1) is 25.3. The van der Waals surface area contributed by atoms with Gasteiger partial charge in [0.15, 0.2) is 0 Å². The molecule has 0 saturated heterocycles. The molecular weight excluding hydrogens is 487 g/mol. The van der Waals surface area contributed by atoms with Gasteiger partial charge >= 0.3 is 13.8 Å². The van der Waals surface area contributed by atoms with Crippen LogP contribution in [0.3, 0.4) is 0 Å². The van der Waals surface area contributed by atoms with Gasteiger partial charge in [-0.1, -0.05) is 53.7 Å². The number of carbonyl (C=O) groups excluding carboxylic acids is 1. The molecule has 0 amide bonds. The fourth-order valence-electron chi connectivity index (χ4n) is 2.96. The Morgan fingerprint density at radius 2 is 1.67 bits per heavy atom. The molecule has 10 heteroatoms. The van der Waals surface area contributed by atoms with Crippen molar-refractivity contribution >= 4 is 37.2 Å². The SMILES string of the molecule is O=C(OP(=O)(O)O)C(CO)CCc1ccc(Sc2cccc(Oc3ccccc3)c2)cc1Cl. The minimum absolute atomic E-state index is 0.125. The molecule has 0 saturated carbocycles. The Morgan fingerprint density at radius 1 is 0.970 bits per heavy atom. The first-order chi connectivity index (χ1) is 15.7. The number of ether oxygens (including phenoxy) is 1. The normalized spacial score (nSPS) is 12.2. The minimum atomic E-state index is -4.96. The summed E-state index contributed by atoms with van der Waals surface area (Å²) in [7, 11) is -4.96. The molecule has 3 aromatic carbocycles. The van der Waals surface area contributed by atoms with Crippen molar-refractivity contribution in [3.05, 3.63) is 83.4 Å². The Morgan fingerprint density at radius 3 is 2.33 bits per heavy atom. The highest BCUT2D eigenvalue weighted by molar-refractivity contribution is 7.99. The number of benzene rings is 3. The largest absolute Gasteiger partial charge is 0.526 e. The number of hydrogen-bond acceptors (Lipinski definition) is 6. The number of aliphatic hydroxyl groups is 1. The van der Waals surface area contributed by atoms with Crippen molar-refractivity contribution < 1.29 is 33.5 Å². The molecular formula is C23H22ClO7PS. The number of hydrogen-bond donors (Lipinski definition) is 3. The van der Waals surface area contributed by atoms with Crippen LogP contribution in [0.25, 0.3) is 0 Å². The summed E-state index contributed by atoms with van der Waals surface area (Å²) in [5.74, 6) is -0.745. The summed E-state index contributed by atoms with van der Waals surface area (Å²) in [6.07, 6.45) is 0.450. The van der Waals surface area contributed by atoms with Crippen molar-refractivity contribution in [2.75, 3.05) is 6.61 Å². The van der Waals surface area contributed by atoms with E-state index in [0.29, 0.717) is 17.2 Å². The second kappa shape index (κ2) is 11.7. The van der Waals surface area contributed by atoms with E-state index in [1.165, 1.54) is 11.8 Å². The van der Waals surface area contributed by atoms with Gasteiger partial charge < -0.3 is 14.4 Å². The monoisotopic (exact) mass is 508 g/mol. The van der Waals surface area contributed by atoms with E-state index in [9.17, 15) is 14.5 Å². The highest BCUT2D eigenvalue weighted by atomic mass is 35.5. The third kappa shape index (κ3) is 8.19. The first-order valence-corrected chi connectivity index (χ1v) is 12.6. The fraction of sp³-hybridized carbons (Fsp3) is 0.174. The van der Waals surface area contributed by atoms with E-state index in [1.54, 1.807) is 6.07 Å². The fourth-order valence-corrected chi connectivity index (χ4v) is 4.59. The average Bonchev–Trinajstić information content (AvgIpc) is 2.75. The molecule has 0 radical (unpaired) electrons. The number of phosphoric ester groups is 1. The van der Waals surface area contributed by atoms with Crippen LogP contribution in [-0.2, 0) is 20.3 Å². The number of aliphatic hydroxyl groups excluding tert-OH is 1. The highest BCUT2D eigenvalue weighted by Crippen LogP contribution is 2.38. The van der Waals surface area contributed by atoms with Crippen LogP contribution in [0.4, 0.5) is 0 Å². The van der Waals surface area contributed by atoms with Crippen molar-refractivity contribution in [2.45, 2.75) is 22.6 Å². The van der Waals surface area contributed by atoms with Crippen molar-refractivity contribution in [3.63, 3.8) is 0 Å². The van der Waals surface area contributed by atoms with Crippen LogP contribution in [0.2, 0.25) is 5.02 Å². The summed E-state index contributed by atoms with van der Waals surface area (Å²) in [5, 5.41) is 9.85. The number of carbonyl (C=O) groups is 1. The molecule has 3 aromatic rings. The summed E-state index contributed by atoms with van der Waals surface area (Å²) >= 11 is 7.92. The minimum Gasteiger partial charge on any atom is -0.457 e. The lowest BCUT2D eigenvalue weighted by Crippen LogP contribution is -2.21. The van der Waals surface area contributed by atoms with Crippen LogP contribution in [0.15, 0.2) is 82.6 Å². The molecule has 7 nitrogen and oxygen atoms in total. The first-order valence-electron chi connectivity index (χ1n) is 9.92. The molecule has 0 aliphatic rings. The molecule has 1 unspecified atom stereocenters. The summed E-state index contributed by atoms with van der Waals surface area (Å²) in [4.78, 5) is 31.2. The molecule has 33 heavy (non-hydrogen) atoms. The zero-order chi connectivity index (χ0) is 23.8. The van der Waals surface area contributed by atoms with Gasteiger partial charge in [-0.05, 0) is 60.9 Å². The van der Waals surface area contributed by atoms with Crippen LogP contribution >= 0.6 is 31.2 Å². The smallest absolute Gasteiger partial charge is 0.457 e. The molecule has 1 atom stereocenters. The van der Waals surface area contributed by atoms with E-state index in [0.717, 1.165) is 21.1 Å². The van der Waals surface area contributed by atoms with Crippen LogP contribution < -0.4 is 4.74 Å². The van der Waals surface area contributed by atoms with E-state index < -0.39 is 26.3 Å². The number of aryl methyl sites for hydroxylation is 1. The molecule has 0 heterocycles. The van der Waals surface area contributed by atoms with Crippen molar-refractivity contribution in [2.24, 2.45) is 5.92 Å². The molecule has 0 spiro atoms. The van der Waals surface area contributed by atoms with Crippen molar-refractivity contribution in [1.29, 1.82) is 0 Å². The predicted octanol–water partition coefficient (Wildman–Crippen LogP) is 5.46. The van der Waals surface area contributed by atoms with Gasteiger partial charge in [0.05, 0.1) is 12.5 Å². The van der Waals surface area contributed by atoms with E-state index in [2.05, 4.69) is 4.52 Å². The van der Waals surface area contributed by atoms with E-state index >= 15 is 0 Å². The Bertz CT molecular complexity index is 1140. The zero-order valence-electron chi connectivity index (χ0n) is 17.3. The molecule has 3 rings (SSSR count).